The maximum Gasteiger partial charge on any atom is 0.339 e. The molecule has 0 aromatic heterocycles. The van der Waals surface area contributed by atoms with Gasteiger partial charge in [-0.15, -0.1) is 0 Å². The van der Waals surface area contributed by atoms with Gasteiger partial charge in [0, 0.05) is 11.3 Å². The average molecular weight is 393 g/mol. The molecule has 0 aliphatic heterocycles. The van der Waals surface area contributed by atoms with Crippen molar-refractivity contribution in [2.75, 3.05) is 12.4 Å². The molecule has 0 spiro atoms. The van der Waals surface area contributed by atoms with Gasteiger partial charge >= 0.3 is 5.97 Å². The molecule has 3 rings (SSSR count). The van der Waals surface area contributed by atoms with Gasteiger partial charge in [0.1, 0.15) is 0 Å². The minimum Gasteiger partial charge on any atom is -0.494 e. The summed E-state index contributed by atoms with van der Waals surface area (Å²) in [5, 5.41) is 2.79. The third-order valence-corrected chi connectivity index (χ3v) is 4.31. The molecule has 0 heterocycles. The van der Waals surface area contributed by atoms with Crippen LogP contribution in [0.4, 0.5) is 10.1 Å². The molecule has 6 heteroatoms. The summed E-state index contributed by atoms with van der Waals surface area (Å²) in [6.07, 6.45) is -1.07. The molecule has 3 aromatic carbocycles. The lowest BCUT2D eigenvalue weighted by molar-refractivity contribution is -0.123. The van der Waals surface area contributed by atoms with E-state index in [0.717, 1.165) is 17.2 Å². The predicted molar refractivity (Wildman–Crippen MR) is 108 cm³/mol. The first-order valence-electron chi connectivity index (χ1n) is 8.99. The molecule has 1 N–H and O–H groups in total. The molecule has 0 saturated heterocycles. The summed E-state index contributed by atoms with van der Waals surface area (Å²) < 4.78 is 23.8. The highest BCUT2D eigenvalue weighted by atomic mass is 19.1. The van der Waals surface area contributed by atoms with Crippen LogP contribution >= 0.6 is 0 Å². The molecule has 0 aliphatic rings. The third-order valence-electron chi connectivity index (χ3n) is 4.31. The summed E-state index contributed by atoms with van der Waals surface area (Å²) in [5.74, 6) is -1.96. The van der Waals surface area contributed by atoms with E-state index in [1.54, 1.807) is 12.1 Å². The molecule has 1 atom stereocenters. The normalized spacial score (nSPS) is 11.4. The van der Waals surface area contributed by atoms with Crippen LogP contribution in [0.5, 0.6) is 5.75 Å². The Kier molecular flexibility index (Phi) is 6.24. The minimum absolute atomic E-state index is 0.00682. The summed E-state index contributed by atoms with van der Waals surface area (Å²) in [6.45, 7) is 1.46. The van der Waals surface area contributed by atoms with Crippen LogP contribution in [0.15, 0.2) is 72.8 Å². The first-order chi connectivity index (χ1) is 14.0. The van der Waals surface area contributed by atoms with Crippen molar-refractivity contribution in [3.63, 3.8) is 0 Å². The van der Waals surface area contributed by atoms with Gasteiger partial charge in [-0.2, -0.15) is 0 Å². The van der Waals surface area contributed by atoms with E-state index in [1.807, 2.05) is 42.5 Å². The van der Waals surface area contributed by atoms with Gasteiger partial charge in [0.25, 0.3) is 5.91 Å². The molecule has 29 heavy (non-hydrogen) atoms. The first kappa shape index (κ1) is 20.1. The second-order valence-corrected chi connectivity index (χ2v) is 6.30. The molecule has 5 nitrogen and oxygen atoms in total. The zero-order chi connectivity index (χ0) is 20.8. The standard InChI is InChI=1S/C23H20FNO4/c1-15(29-23(27)17-12-13-21(28-2)19(24)14-17)22(26)25-20-11-7-6-10-18(20)16-8-4-3-5-9-16/h3-15H,1-2H3,(H,25,26)/t15-/m1/s1. The summed E-state index contributed by atoms with van der Waals surface area (Å²) in [7, 11) is 1.33. The number of rotatable bonds is 6. The predicted octanol–water partition coefficient (Wildman–Crippen LogP) is 4.69. The van der Waals surface area contributed by atoms with Gasteiger partial charge in [0.05, 0.1) is 12.7 Å². The molecule has 0 aliphatic carbocycles. The lowest BCUT2D eigenvalue weighted by Gasteiger charge is -2.16. The van der Waals surface area contributed by atoms with E-state index in [0.29, 0.717) is 5.69 Å². The molecule has 0 bridgehead atoms. The Labute approximate surface area is 168 Å². The number of ether oxygens (including phenoxy) is 2. The van der Waals surface area contributed by atoms with E-state index < -0.39 is 23.8 Å². The molecule has 3 aromatic rings. The van der Waals surface area contributed by atoms with Crippen LogP contribution in [-0.2, 0) is 9.53 Å². The van der Waals surface area contributed by atoms with E-state index >= 15 is 0 Å². The largest absolute Gasteiger partial charge is 0.494 e. The number of hydrogen-bond acceptors (Lipinski definition) is 4. The fraction of sp³-hybridized carbons (Fsp3) is 0.130. The van der Waals surface area contributed by atoms with E-state index in [1.165, 1.54) is 26.2 Å². The lowest BCUT2D eigenvalue weighted by atomic mass is 10.0. The highest BCUT2D eigenvalue weighted by Gasteiger charge is 2.21. The van der Waals surface area contributed by atoms with Gasteiger partial charge < -0.3 is 14.8 Å². The number of anilines is 1. The van der Waals surface area contributed by atoms with Crippen molar-refractivity contribution < 1.29 is 23.5 Å². The fourth-order valence-corrected chi connectivity index (χ4v) is 2.77. The molecule has 0 radical (unpaired) electrons. The quantitative estimate of drug-likeness (QED) is 0.618. The number of amides is 1. The maximum atomic E-state index is 13.8. The molecular weight excluding hydrogens is 373 g/mol. The number of carbonyl (C=O) groups is 2. The van der Waals surface area contributed by atoms with Crippen molar-refractivity contribution in [2.45, 2.75) is 13.0 Å². The summed E-state index contributed by atoms with van der Waals surface area (Å²) in [4.78, 5) is 24.8. The van der Waals surface area contributed by atoms with E-state index in [4.69, 9.17) is 9.47 Å². The Morgan fingerprint density at radius 3 is 2.34 bits per heavy atom. The SMILES string of the molecule is COc1ccc(C(=O)O[C@H](C)C(=O)Nc2ccccc2-c2ccccc2)cc1F. The Morgan fingerprint density at radius 1 is 0.966 bits per heavy atom. The third kappa shape index (κ3) is 4.79. The zero-order valence-electron chi connectivity index (χ0n) is 16.0. The first-order valence-corrected chi connectivity index (χ1v) is 8.99. The number of carbonyl (C=O) groups excluding carboxylic acids is 2. The van der Waals surface area contributed by atoms with E-state index in [2.05, 4.69) is 5.32 Å². The van der Waals surface area contributed by atoms with Crippen LogP contribution in [-0.4, -0.2) is 25.1 Å². The van der Waals surface area contributed by atoms with E-state index in [-0.39, 0.29) is 11.3 Å². The summed E-state index contributed by atoms with van der Waals surface area (Å²) in [5.41, 5.74) is 2.38. The maximum absolute atomic E-state index is 13.8. The van der Waals surface area contributed by atoms with Crippen LogP contribution < -0.4 is 10.1 Å². The monoisotopic (exact) mass is 393 g/mol. The smallest absolute Gasteiger partial charge is 0.339 e. The topological polar surface area (TPSA) is 64.6 Å². The number of halogens is 1. The number of esters is 1. The number of methoxy groups -OCH3 is 1. The highest BCUT2D eigenvalue weighted by Crippen LogP contribution is 2.27. The summed E-state index contributed by atoms with van der Waals surface area (Å²) >= 11 is 0. The van der Waals surface area contributed by atoms with Gasteiger partial charge in [0.15, 0.2) is 17.7 Å². The van der Waals surface area contributed by atoms with Gasteiger partial charge in [-0.3, -0.25) is 4.79 Å². The van der Waals surface area contributed by atoms with E-state index in [9.17, 15) is 14.0 Å². The number of benzene rings is 3. The second-order valence-electron chi connectivity index (χ2n) is 6.30. The van der Waals surface area contributed by atoms with Crippen molar-refractivity contribution in [3.05, 3.63) is 84.2 Å². The molecular formula is C23H20FNO4. The number of nitrogens with one attached hydrogen (secondary N) is 1. The Bertz CT molecular complexity index is 1020. The summed E-state index contributed by atoms with van der Waals surface area (Å²) in [6, 6.07) is 20.7. The average Bonchev–Trinajstić information content (AvgIpc) is 2.74. The van der Waals surface area contributed by atoms with Gasteiger partial charge in [-0.05, 0) is 36.8 Å². The van der Waals surface area contributed by atoms with Crippen molar-refractivity contribution in [2.24, 2.45) is 0 Å². The lowest BCUT2D eigenvalue weighted by Crippen LogP contribution is -2.30. The van der Waals surface area contributed by atoms with Crippen LogP contribution in [0.25, 0.3) is 11.1 Å². The van der Waals surface area contributed by atoms with Crippen LogP contribution in [0, 0.1) is 5.82 Å². The molecule has 0 fully saturated rings. The van der Waals surface area contributed by atoms with Crippen molar-refractivity contribution >= 4 is 17.6 Å². The van der Waals surface area contributed by atoms with Gasteiger partial charge in [-0.1, -0.05) is 48.5 Å². The van der Waals surface area contributed by atoms with Crippen molar-refractivity contribution in [1.82, 2.24) is 0 Å². The molecule has 0 unspecified atom stereocenters. The second kappa shape index (κ2) is 9.01. The number of para-hydroxylation sites is 1. The fourth-order valence-electron chi connectivity index (χ4n) is 2.77. The molecule has 0 saturated carbocycles. The Balaban J connectivity index is 1.70. The highest BCUT2D eigenvalue weighted by molar-refractivity contribution is 6.00. The van der Waals surface area contributed by atoms with Gasteiger partial charge in [0.2, 0.25) is 0 Å². The van der Waals surface area contributed by atoms with Crippen molar-refractivity contribution in [3.8, 4) is 16.9 Å². The zero-order valence-corrected chi connectivity index (χ0v) is 16.0. The van der Waals surface area contributed by atoms with Crippen LogP contribution in [0.2, 0.25) is 0 Å². The number of hydrogen-bond donors (Lipinski definition) is 1. The molecule has 148 valence electrons. The Hall–Kier alpha value is -3.67. The minimum atomic E-state index is -1.07. The van der Waals surface area contributed by atoms with Gasteiger partial charge in [-0.25, -0.2) is 9.18 Å². The molecule has 1 amide bonds. The van der Waals surface area contributed by atoms with Crippen LogP contribution in [0.1, 0.15) is 17.3 Å². The van der Waals surface area contributed by atoms with Crippen LogP contribution in [0.3, 0.4) is 0 Å². The Morgan fingerprint density at radius 2 is 1.66 bits per heavy atom. The van der Waals surface area contributed by atoms with Crippen molar-refractivity contribution in [1.29, 1.82) is 0 Å².